The van der Waals surface area contributed by atoms with Crippen LogP contribution in [0.25, 0.3) is 6.08 Å². The van der Waals surface area contributed by atoms with Crippen molar-refractivity contribution in [1.82, 2.24) is 0 Å². The van der Waals surface area contributed by atoms with Gasteiger partial charge in [0.15, 0.2) is 0 Å². The minimum atomic E-state index is -3.92. The highest BCUT2D eigenvalue weighted by atomic mass is 32.2. The first-order chi connectivity index (χ1) is 13.9. The lowest BCUT2D eigenvalue weighted by atomic mass is 10.1. The van der Waals surface area contributed by atoms with Crippen molar-refractivity contribution >= 4 is 28.1 Å². The number of carboxylic acids is 2. The molecule has 0 spiro atoms. The van der Waals surface area contributed by atoms with Gasteiger partial charge in [0.2, 0.25) is 0 Å². The number of allylic oxidation sites excluding steroid dienone is 1. The van der Waals surface area contributed by atoms with Crippen LogP contribution in [0, 0.1) is 0 Å². The Kier molecular flexibility index (Phi) is 16.9. The maximum atomic E-state index is 10.3. The average molecular weight is 441 g/mol. The molecule has 1 aromatic rings. The molecule has 0 saturated heterocycles. The summed E-state index contributed by atoms with van der Waals surface area (Å²) in [6, 6.07) is 10.0. The second-order valence-corrected chi connectivity index (χ2v) is 7.82. The Morgan fingerprint density at radius 2 is 1.63 bits per heavy atom. The molecule has 3 N–H and O–H groups in total. The van der Waals surface area contributed by atoms with Gasteiger partial charge in [-0.15, -0.1) is 0 Å². The Bertz CT molecular complexity index is 794. The molecule has 0 aliphatic heterocycles. The minimum Gasteiger partial charge on any atom is -0.478 e. The Morgan fingerprint density at radius 3 is 2.00 bits per heavy atom. The highest BCUT2D eigenvalue weighted by Crippen LogP contribution is 2.03. The summed E-state index contributed by atoms with van der Waals surface area (Å²) in [7, 11) is -3.92. The van der Waals surface area contributed by atoms with Crippen LogP contribution in [0.4, 0.5) is 0 Å². The summed E-state index contributed by atoms with van der Waals surface area (Å²) in [5.41, 5.74) is 1.67. The number of hydrogen-bond donors (Lipinski definition) is 3. The summed E-state index contributed by atoms with van der Waals surface area (Å²) in [6.45, 7) is 10.5. The van der Waals surface area contributed by atoms with Crippen molar-refractivity contribution in [3.8, 4) is 0 Å². The third-order valence-electron chi connectivity index (χ3n) is 3.56. The lowest BCUT2D eigenvalue weighted by Crippen LogP contribution is -2.03. The molecule has 7 nitrogen and oxygen atoms in total. The quantitative estimate of drug-likeness (QED) is 0.270. The monoisotopic (exact) mass is 440 g/mol. The van der Waals surface area contributed by atoms with Gasteiger partial charge in [-0.1, -0.05) is 69.0 Å². The van der Waals surface area contributed by atoms with Crippen LogP contribution in [0.5, 0.6) is 0 Å². The van der Waals surface area contributed by atoms with E-state index in [1.165, 1.54) is 18.6 Å². The molecule has 0 fully saturated rings. The van der Waals surface area contributed by atoms with Crippen molar-refractivity contribution in [3.63, 3.8) is 0 Å². The smallest absolute Gasteiger partial charge is 0.330 e. The number of rotatable bonds is 10. The van der Waals surface area contributed by atoms with Crippen LogP contribution >= 0.6 is 0 Å². The van der Waals surface area contributed by atoms with Gasteiger partial charge in [-0.2, -0.15) is 8.42 Å². The van der Waals surface area contributed by atoms with Crippen molar-refractivity contribution in [1.29, 1.82) is 0 Å². The van der Waals surface area contributed by atoms with Crippen molar-refractivity contribution in [2.75, 3.05) is 5.75 Å². The summed E-state index contributed by atoms with van der Waals surface area (Å²) in [5.74, 6) is -2.23. The predicted molar refractivity (Wildman–Crippen MR) is 120 cm³/mol. The molecule has 1 rings (SSSR count). The van der Waals surface area contributed by atoms with Crippen LogP contribution in [0.1, 0.15) is 51.5 Å². The van der Waals surface area contributed by atoms with Crippen LogP contribution in [-0.2, 0) is 19.7 Å². The average Bonchev–Trinajstić information content (AvgIpc) is 2.69. The molecule has 0 bridgehead atoms. The molecule has 0 aromatic heterocycles. The molecule has 0 aliphatic carbocycles. The van der Waals surface area contributed by atoms with Crippen LogP contribution in [0.15, 0.2) is 60.7 Å². The molecule has 8 heteroatoms. The second-order valence-electron chi connectivity index (χ2n) is 6.25. The van der Waals surface area contributed by atoms with Crippen molar-refractivity contribution in [2.45, 2.75) is 46.0 Å². The van der Waals surface area contributed by atoms with E-state index < -0.39 is 22.1 Å². The van der Waals surface area contributed by atoms with Gasteiger partial charge in [0, 0.05) is 11.1 Å². The van der Waals surface area contributed by atoms with Crippen molar-refractivity contribution < 1.29 is 32.8 Å². The molecule has 0 heterocycles. The normalized spacial score (nSPS) is 10.6. The predicted octanol–water partition coefficient (Wildman–Crippen LogP) is 4.83. The molecule has 0 unspecified atom stereocenters. The van der Waals surface area contributed by atoms with Crippen LogP contribution in [0.2, 0.25) is 0 Å². The Morgan fingerprint density at radius 1 is 1.07 bits per heavy atom. The van der Waals surface area contributed by atoms with Crippen molar-refractivity contribution in [2.24, 2.45) is 0 Å². The van der Waals surface area contributed by atoms with Gasteiger partial charge in [-0.25, -0.2) is 9.59 Å². The van der Waals surface area contributed by atoms with Gasteiger partial charge < -0.3 is 10.2 Å². The van der Waals surface area contributed by atoms with E-state index in [1.54, 1.807) is 0 Å². The number of carbonyl (C=O) groups is 2. The third kappa shape index (κ3) is 20.0. The largest absolute Gasteiger partial charge is 0.478 e. The molecular formula is C22H32O7S. The van der Waals surface area contributed by atoms with E-state index in [-0.39, 0.29) is 17.7 Å². The Balaban J connectivity index is 0. The van der Waals surface area contributed by atoms with Gasteiger partial charge in [-0.3, -0.25) is 4.55 Å². The highest BCUT2D eigenvalue weighted by Gasteiger charge is 2.03. The van der Waals surface area contributed by atoms with Gasteiger partial charge in [0.1, 0.15) is 0 Å². The van der Waals surface area contributed by atoms with E-state index in [1.807, 2.05) is 43.3 Å². The van der Waals surface area contributed by atoms with Crippen LogP contribution in [-0.4, -0.2) is 40.9 Å². The van der Waals surface area contributed by atoms with Gasteiger partial charge in [0.05, 0.1) is 5.75 Å². The highest BCUT2D eigenvalue weighted by molar-refractivity contribution is 7.85. The number of unbranched alkanes of at least 4 members (excludes halogenated alkanes) is 2. The number of carboxylic acid groups (broad SMARTS) is 2. The first-order valence-corrected chi connectivity index (χ1v) is 11.0. The molecule has 0 saturated carbocycles. The second kappa shape index (κ2) is 17.2. The Labute approximate surface area is 179 Å². The zero-order valence-corrected chi connectivity index (χ0v) is 18.4. The summed E-state index contributed by atoms with van der Waals surface area (Å²) >= 11 is 0. The van der Waals surface area contributed by atoms with E-state index >= 15 is 0 Å². The molecule has 0 radical (unpaired) electrons. The van der Waals surface area contributed by atoms with E-state index in [4.69, 9.17) is 14.8 Å². The zero-order chi connectivity index (χ0) is 23.6. The number of hydrogen-bond acceptors (Lipinski definition) is 4. The first kappa shape index (κ1) is 29.5. The molecule has 168 valence electrons. The molecular weight excluding hydrogens is 408 g/mol. The maximum absolute atomic E-state index is 10.3. The van der Waals surface area contributed by atoms with E-state index in [0.717, 1.165) is 12.8 Å². The molecule has 1 aromatic carbocycles. The maximum Gasteiger partial charge on any atom is 0.330 e. The Hall–Kier alpha value is -2.71. The zero-order valence-electron chi connectivity index (χ0n) is 17.6. The first-order valence-electron chi connectivity index (χ1n) is 9.38. The molecule has 0 atom stereocenters. The summed E-state index contributed by atoms with van der Waals surface area (Å²) in [4.78, 5) is 20.4. The summed E-state index contributed by atoms with van der Waals surface area (Å²) in [6.07, 6.45) is 6.37. The molecule has 0 aliphatic rings. The summed E-state index contributed by atoms with van der Waals surface area (Å²) < 4.78 is 28.8. The number of benzene rings is 1. The fourth-order valence-corrected chi connectivity index (χ4v) is 2.29. The van der Waals surface area contributed by atoms with Crippen molar-refractivity contribution in [3.05, 3.63) is 66.3 Å². The fraction of sp³-hybridized carbons (Fsp3) is 0.364. The van der Waals surface area contributed by atoms with E-state index in [0.29, 0.717) is 18.4 Å². The number of aliphatic carboxylic acids is 2. The van der Waals surface area contributed by atoms with E-state index in [9.17, 15) is 18.0 Å². The fourth-order valence-electron chi connectivity index (χ4n) is 1.76. The van der Waals surface area contributed by atoms with Gasteiger partial charge in [-0.05, 0) is 38.2 Å². The SMILES string of the molecule is C=C(CCCC)C(=O)O.C=Cc1ccccc1.CC(=CCCCS(=O)(=O)O)C(=O)O. The molecule has 0 amide bonds. The van der Waals surface area contributed by atoms with Gasteiger partial charge >= 0.3 is 11.9 Å². The standard InChI is InChI=1S/C8H8.C7H12O5S.C7H12O2/c1-2-8-6-4-3-5-7-8;1-6(7(8)9)4-2-3-5-13(10,11)12;1-3-4-5-6(2)7(8)9/h2-7H,1H2;4H,2-3,5H2,1H3,(H,8,9)(H,10,11,12);2-5H2,1H3,(H,8,9). The van der Waals surface area contributed by atoms with Gasteiger partial charge in [0.25, 0.3) is 10.1 Å². The van der Waals surface area contributed by atoms with E-state index in [2.05, 4.69) is 13.2 Å². The van der Waals surface area contributed by atoms with Crippen LogP contribution in [0.3, 0.4) is 0 Å². The summed E-state index contributed by atoms with van der Waals surface area (Å²) in [5, 5.41) is 16.7. The topological polar surface area (TPSA) is 129 Å². The third-order valence-corrected chi connectivity index (χ3v) is 4.37. The lowest BCUT2D eigenvalue weighted by Gasteiger charge is -1.95. The van der Waals surface area contributed by atoms with Crippen LogP contribution < -0.4 is 0 Å². The lowest BCUT2D eigenvalue weighted by molar-refractivity contribution is -0.133. The molecule has 30 heavy (non-hydrogen) atoms. The minimum absolute atomic E-state index is 0.176.